The van der Waals surface area contributed by atoms with Gasteiger partial charge in [0.15, 0.2) is 17.5 Å². The van der Waals surface area contributed by atoms with Gasteiger partial charge in [-0.1, -0.05) is 11.6 Å². The summed E-state index contributed by atoms with van der Waals surface area (Å²) < 4.78 is 29.5. The molecule has 4 N–H and O–H groups in total. The van der Waals surface area contributed by atoms with Crippen LogP contribution >= 0.6 is 11.6 Å². The number of fused-ring (bicyclic) bond motifs is 1. The van der Waals surface area contributed by atoms with E-state index < -0.39 is 17.2 Å². The molecular weight excluding hydrogens is 526 g/mol. The summed E-state index contributed by atoms with van der Waals surface area (Å²) in [5, 5.41) is 0.397. The molecule has 4 aromatic rings. The number of nitrogen functional groups attached to an aromatic ring is 1. The summed E-state index contributed by atoms with van der Waals surface area (Å²) in [6.45, 7) is 1.50. The number of piperidine rings is 1. The second-order valence-electron chi connectivity index (χ2n) is 10.2. The Hall–Kier alpha value is -3.83. The minimum absolute atomic E-state index is 0.0305. The molecule has 1 aromatic carbocycles. The fourth-order valence-electron chi connectivity index (χ4n) is 5.06. The first-order valence-electron chi connectivity index (χ1n) is 12.5. The molecule has 1 saturated heterocycles. The van der Waals surface area contributed by atoms with Crippen molar-refractivity contribution in [3.05, 3.63) is 65.2 Å². The van der Waals surface area contributed by atoms with E-state index in [2.05, 4.69) is 19.9 Å². The van der Waals surface area contributed by atoms with Crippen LogP contribution in [0.5, 0.6) is 0 Å². The van der Waals surface area contributed by atoms with Crippen molar-refractivity contribution < 1.29 is 13.6 Å². The van der Waals surface area contributed by atoms with Crippen molar-refractivity contribution in [1.82, 2.24) is 24.4 Å². The number of halogens is 3. The lowest BCUT2D eigenvalue weighted by Gasteiger charge is -2.42. The summed E-state index contributed by atoms with van der Waals surface area (Å²) in [5.41, 5.74) is 15.7. The van der Waals surface area contributed by atoms with Gasteiger partial charge in [-0.2, -0.15) is 0 Å². The fourth-order valence-corrected chi connectivity index (χ4v) is 5.30. The Balaban J connectivity index is 1.57. The Morgan fingerprint density at radius 3 is 2.69 bits per heavy atom. The standard InChI is InChI=1S/C27H29ClF2N8O/c1-36(2)23(39)10-27(32)6-3-7-37(14-27)22-12-33-21(16-4-5-19(29)20(30)8-16)9-17(22)13-38-15-35-24-25(38)18(28)11-34-26(24)31/h4-5,8-9,11-12,15H,3,6-7,10,13-14,32H2,1-2H3,(H2,31,34). The van der Waals surface area contributed by atoms with Crippen LogP contribution < -0.4 is 16.4 Å². The van der Waals surface area contributed by atoms with Crippen LogP contribution in [-0.2, 0) is 11.3 Å². The van der Waals surface area contributed by atoms with Crippen molar-refractivity contribution in [1.29, 1.82) is 0 Å². The predicted molar refractivity (Wildman–Crippen MR) is 147 cm³/mol. The molecule has 0 saturated carbocycles. The van der Waals surface area contributed by atoms with Crippen molar-refractivity contribution in [2.75, 3.05) is 37.8 Å². The maximum Gasteiger partial charge on any atom is 0.223 e. The summed E-state index contributed by atoms with van der Waals surface area (Å²) >= 11 is 6.47. The quantitative estimate of drug-likeness (QED) is 0.372. The molecule has 12 heteroatoms. The molecule has 1 aliphatic heterocycles. The van der Waals surface area contributed by atoms with Crippen molar-refractivity contribution >= 4 is 40.0 Å². The van der Waals surface area contributed by atoms with Crippen molar-refractivity contribution in [3.8, 4) is 11.3 Å². The highest BCUT2D eigenvalue weighted by molar-refractivity contribution is 6.35. The summed E-state index contributed by atoms with van der Waals surface area (Å²) in [6.07, 6.45) is 6.56. The Labute approximate surface area is 229 Å². The second kappa shape index (κ2) is 10.4. The van der Waals surface area contributed by atoms with Gasteiger partial charge in [-0.25, -0.2) is 18.7 Å². The van der Waals surface area contributed by atoms with Gasteiger partial charge in [-0.05, 0) is 42.7 Å². The lowest BCUT2D eigenvalue weighted by atomic mass is 9.86. The molecule has 0 spiro atoms. The zero-order chi connectivity index (χ0) is 27.9. The first kappa shape index (κ1) is 26.8. The van der Waals surface area contributed by atoms with Crippen molar-refractivity contribution in [2.45, 2.75) is 31.3 Å². The number of nitrogens with two attached hydrogens (primary N) is 2. The maximum absolute atomic E-state index is 14.0. The van der Waals surface area contributed by atoms with Crippen LogP contribution in [0.3, 0.4) is 0 Å². The van der Waals surface area contributed by atoms with Gasteiger partial charge in [-0.15, -0.1) is 0 Å². The maximum atomic E-state index is 14.0. The highest BCUT2D eigenvalue weighted by Gasteiger charge is 2.35. The number of rotatable bonds is 6. The molecule has 1 unspecified atom stereocenters. The van der Waals surface area contributed by atoms with E-state index in [0.29, 0.717) is 46.8 Å². The molecule has 3 aromatic heterocycles. The van der Waals surface area contributed by atoms with Gasteiger partial charge >= 0.3 is 0 Å². The van der Waals surface area contributed by atoms with E-state index in [1.165, 1.54) is 12.3 Å². The van der Waals surface area contributed by atoms with Gasteiger partial charge in [0.1, 0.15) is 5.52 Å². The third-order valence-corrected chi connectivity index (χ3v) is 7.37. The molecule has 0 bridgehead atoms. The number of aromatic nitrogens is 4. The number of benzene rings is 1. The monoisotopic (exact) mass is 554 g/mol. The third-order valence-electron chi connectivity index (χ3n) is 7.10. The van der Waals surface area contributed by atoms with Gasteiger partial charge < -0.3 is 25.8 Å². The molecule has 1 aliphatic rings. The summed E-state index contributed by atoms with van der Waals surface area (Å²) in [4.78, 5) is 29.2. The molecule has 1 amide bonds. The second-order valence-corrected chi connectivity index (χ2v) is 10.6. The van der Waals surface area contributed by atoms with Crippen molar-refractivity contribution in [2.24, 2.45) is 5.73 Å². The van der Waals surface area contributed by atoms with Gasteiger partial charge in [0.2, 0.25) is 5.91 Å². The number of hydrogen-bond acceptors (Lipinski definition) is 7. The molecule has 0 radical (unpaired) electrons. The Kier molecular flexibility index (Phi) is 7.13. The van der Waals surface area contributed by atoms with E-state index >= 15 is 0 Å². The number of imidazole rings is 1. The Bertz CT molecular complexity index is 1560. The molecule has 1 fully saturated rings. The van der Waals surface area contributed by atoms with Crippen LogP contribution in [-0.4, -0.2) is 63.0 Å². The minimum Gasteiger partial charge on any atom is -0.382 e. The van der Waals surface area contributed by atoms with Crippen molar-refractivity contribution in [3.63, 3.8) is 0 Å². The lowest BCUT2D eigenvalue weighted by Crippen LogP contribution is -2.56. The largest absolute Gasteiger partial charge is 0.382 e. The molecule has 39 heavy (non-hydrogen) atoms. The number of carbonyl (C=O) groups excluding carboxylic acids is 1. The molecular formula is C27H29ClF2N8O. The van der Waals surface area contributed by atoms with Crippen LogP contribution in [0.2, 0.25) is 5.02 Å². The number of nitrogens with zero attached hydrogens (tertiary/aromatic N) is 6. The molecule has 9 nitrogen and oxygen atoms in total. The summed E-state index contributed by atoms with van der Waals surface area (Å²) in [7, 11) is 3.43. The highest BCUT2D eigenvalue weighted by atomic mass is 35.5. The van der Waals surface area contributed by atoms with Crippen LogP contribution in [0.25, 0.3) is 22.3 Å². The zero-order valence-corrected chi connectivity index (χ0v) is 22.4. The smallest absolute Gasteiger partial charge is 0.223 e. The van der Waals surface area contributed by atoms with Gasteiger partial charge in [0.05, 0.1) is 47.2 Å². The summed E-state index contributed by atoms with van der Waals surface area (Å²) in [6, 6.07) is 5.52. The SMILES string of the molecule is CN(C)C(=O)CC1(N)CCCN(c2cnc(-c3ccc(F)c(F)c3)cc2Cn2cnc3c(N)ncc(Cl)c32)C1. The summed E-state index contributed by atoms with van der Waals surface area (Å²) in [5.74, 6) is -1.65. The fraction of sp³-hybridized carbons (Fsp3) is 0.333. The number of hydrogen-bond donors (Lipinski definition) is 2. The number of anilines is 2. The number of pyridine rings is 2. The van der Waals surface area contributed by atoms with Crippen LogP contribution in [0, 0.1) is 11.6 Å². The van der Waals surface area contributed by atoms with E-state index in [1.807, 2.05) is 10.6 Å². The Morgan fingerprint density at radius 1 is 1.15 bits per heavy atom. The average molecular weight is 555 g/mol. The third kappa shape index (κ3) is 5.37. The van der Waals surface area contributed by atoms with Crippen LogP contribution in [0.15, 0.2) is 43.0 Å². The first-order chi connectivity index (χ1) is 18.5. The van der Waals surface area contributed by atoms with E-state index in [-0.39, 0.29) is 18.1 Å². The first-order valence-corrected chi connectivity index (χ1v) is 12.9. The van der Waals surface area contributed by atoms with E-state index in [1.54, 1.807) is 31.5 Å². The molecule has 1 atom stereocenters. The van der Waals surface area contributed by atoms with E-state index in [4.69, 9.17) is 23.1 Å². The molecule has 0 aliphatic carbocycles. The lowest BCUT2D eigenvalue weighted by molar-refractivity contribution is -0.130. The normalized spacial score (nSPS) is 17.5. The Morgan fingerprint density at radius 2 is 1.95 bits per heavy atom. The van der Waals surface area contributed by atoms with E-state index in [9.17, 15) is 13.6 Å². The molecule has 204 valence electrons. The molecule has 5 rings (SSSR count). The topological polar surface area (TPSA) is 119 Å². The predicted octanol–water partition coefficient (Wildman–Crippen LogP) is 3.83. The van der Waals surface area contributed by atoms with Gasteiger partial charge in [-0.3, -0.25) is 9.78 Å². The van der Waals surface area contributed by atoms with Crippen LogP contribution in [0.1, 0.15) is 24.8 Å². The zero-order valence-electron chi connectivity index (χ0n) is 21.7. The van der Waals surface area contributed by atoms with Gasteiger partial charge in [0, 0.05) is 44.7 Å². The average Bonchev–Trinajstić information content (AvgIpc) is 3.32. The number of amides is 1. The minimum atomic E-state index is -0.954. The van der Waals surface area contributed by atoms with E-state index in [0.717, 1.165) is 36.3 Å². The number of carbonyl (C=O) groups is 1. The highest BCUT2D eigenvalue weighted by Crippen LogP contribution is 2.33. The molecule has 4 heterocycles. The van der Waals surface area contributed by atoms with Crippen LogP contribution in [0.4, 0.5) is 20.3 Å². The van der Waals surface area contributed by atoms with Gasteiger partial charge in [0.25, 0.3) is 0 Å².